The molecule has 23 heavy (non-hydrogen) atoms. The highest BCUT2D eigenvalue weighted by Gasteiger charge is 2.27. The molecule has 1 saturated heterocycles. The number of piperidine rings is 1. The molecule has 1 aromatic rings. The molecule has 0 spiro atoms. The van der Waals surface area contributed by atoms with Crippen molar-refractivity contribution in [1.29, 1.82) is 0 Å². The van der Waals surface area contributed by atoms with Crippen LogP contribution >= 0.6 is 0 Å². The van der Waals surface area contributed by atoms with Gasteiger partial charge in [0, 0.05) is 24.9 Å². The maximum absolute atomic E-state index is 11.2. The predicted octanol–water partition coefficient (Wildman–Crippen LogP) is 2.86. The van der Waals surface area contributed by atoms with E-state index < -0.39 is 5.97 Å². The van der Waals surface area contributed by atoms with Gasteiger partial charge in [-0.15, -0.1) is 0 Å². The lowest BCUT2D eigenvalue weighted by Gasteiger charge is -2.32. The molecule has 1 aliphatic heterocycles. The smallest absolute Gasteiger partial charge is 0.300 e. The second-order valence-corrected chi connectivity index (χ2v) is 6.75. The van der Waals surface area contributed by atoms with E-state index in [1.807, 2.05) is 0 Å². The number of hydrogen-bond acceptors (Lipinski definition) is 4. The topological polar surface area (TPSA) is 95.3 Å². The fourth-order valence-electron chi connectivity index (χ4n) is 3.77. The molecule has 1 aromatic heterocycles. The standard InChI is InChI=1S/C15H24N2O2.C2H4O2/c18-15-10-14(19-17-15)12-6-7-16-13(9-12)8-11-4-2-1-3-5-11;1-2(3)4/h10-13,16H,1-9H2,(H,17,18);1H3,(H,3,4)/t12-,13-;/m0./s1. The zero-order chi connectivity index (χ0) is 16.7. The lowest BCUT2D eigenvalue weighted by Crippen LogP contribution is -2.38. The van der Waals surface area contributed by atoms with Crippen LogP contribution in [0.5, 0.6) is 0 Å². The minimum Gasteiger partial charge on any atom is -0.481 e. The summed E-state index contributed by atoms with van der Waals surface area (Å²) in [6, 6.07) is 2.22. The molecule has 3 N–H and O–H groups in total. The van der Waals surface area contributed by atoms with E-state index in [9.17, 15) is 4.79 Å². The molecule has 0 bridgehead atoms. The number of nitrogens with one attached hydrogen (secondary N) is 2. The molecule has 0 amide bonds. The number of aromatic amines is 1. The van der Waals surface area contributed by atoms with Gasteiger partial charge in [-0.2, -0.15) is 5.16 Å². The molecule has 0 radical (unpaired) electrons. The van der Waals surface area contributed by atoms with Crippen molar-refractivity contribution < 1.29 is 14.4 Å². The molecule has 6 heteroatoms. The molecule has 0 aromatic carbocycles. The van der Waals surface area contributed by atoms with E-state index >= 15 is 0 Å². The van der Waals surface area contributed by atoms with Crippen molar-refractivity contribution in [3.8, 4) is 0 Å². The molecular formula is C17H28N2O4. The third-order valence-electron chi connectivity index (χ3n) is 4.78. The average Bonchev–Trinajstić information content (AvgIpc) is 2.95. The van der Waals surface area contributed by atoms with Gasteiger partial charge in [-0.3, -0.25) is 9.59 Å². The second kappa shape index (κ2) is 8.91. The highest BCUT2D eigenvalue weighted by atomic mass is 16.5. The molecule has 6 nitrogen and oxygen atoms in total. The Bertz CT molecular complexity index is 527. The van der Waals surface area contributed by atoms with Crippen LogP contribution in [-0.2, 0) is 4.79 Å². The van der Waals surface area contributed by atoms with Crippen molar-refractivity contribution in [2.24, 2.45) is 5.92 Å². The minimum atomic E-state index is -0.833. The fourth-order valence-corrected chi connectivity index (χ4v) is 3.77. The molecule has 2 atom stereocenters. The number of carboxylic acid groups (broad SMARTS) is 1. The Morgan fingerprint density at radius 1 is 1.30 bits per heavy atom. The summed E-state index contributed by atoms with van der Waals surface area (Å²) in [6.45, 7) is 2.12. The number of carboxylic acids is 1. The van der Waals surface area contributed by atoms with E-state index in [4.69, 9.17) is 14.4 Å². The number of aromatic nitrogens is 1. The highest BCUT2D eigenvalue weighted by molar-refractivity contribution is 5.62. The van der Waals surface area contributed by atoms with Crippen molar-refractivity contribution >= 4 is 5.97 Å². The van der Waals surface area contributed by atoms with Crippen molar-refractivity contribution in [3.05, 3.63) is 22.2 Å². The average molecular weight is 324 g/mol. The molecule has 1 saturated carbocycles. The first-order valence-corrected chi connectivity index (χ1v) is 8.66. The molecule has 2 aliphatic rings. The van der Waals surface area contributed by atoms with Crippen molar-refractivity contribution in [2.45, 2.75) is 70.3 Å². The van der Waals surface area contributed by atoms with Crippen LogP contribution in [0.2, 0.25) is 0 Å². The van der Waals surface area contributed by atoms with E-state index in [-0.39, 0.29) is 5.56 Å². The maximum Gasteiger partial charge on any atom is 0.300 e. The summed E-state index contributed by atoms with van der Waals surface area (Å²) < 4.78 is 5.28. The Kier molecular flexibility index (Phi) is 6.89. The Balaban J connectivity index is 0.000000433. The SMILES string of the molecule is CC(=O)O.O=c1cc([C@H]2CCN[C@@H](CC3CCCCC3)C2)o[nH]1. The fraction of sp³-hybridized carbons (Fsp3) is 0.765. The quantitative estimate of drug-likeness (QED) is 0.794. The summed E-state index contributed by atoms with van der Waals surface area (Å²) >= 11 is 0. The molecule has 2 fully saturated rings. The van der Waals surface area contributed by atoms with Gasteiger partial charge in [0.25, 0.3) is 11.5 Å². The maximum atomic E-state index is 11.2. The largest absolute Gasteiger partial charge is 0.481 e. The molecule has 0 unspecified atom stereocenters. The molecular weight excluding hydrogens is 296 g/mol. The number of rotatable bonds is 3. The zero-order valence-electron chi connectivity index (χ0n) is 13.8. The van der Waals surface area contributed by atoms with Gasteiger partial charge in [0.05, 0.1) is 0 Å². The second-order valence-electron chi connectivity index (χ2n) is 6.75. The third-order valence-corrected chi connectivity index (χ3v) is 4.78. The summed E-state index contributed by atoms with van der Waals surface area (Å²) in [7, 11) is 0. The number of aliphatic carboxylic acids is 1. The summed E-state index contributed by atoms with van der Waals surface area (Å²) in [5.41, 5.74) is -0.114. The Morgan fingerprint density at radius 3 is 2.61 bits per heavy atom. The first-order valence-electron chi connectivity index (χ1n) is 8.66. The predicted molar refractivity (Wildman–Crippen MR) is 87.6 cm³/mol. The van der Waals surface area contributed by atoms with Gasteiger partial charge in [-0.1, -0.05) is 32.1 Å². The van der Waals surface area contributed by atoms with E-state index in [2.05, 4.69) is 10.5 Å². The first-order chi connectivity index (χ1) is 11.0. The molecule has 3 rings (SSSR count). The minimum absolute atomic E-state index is 0.114. The lowest BCUT2D eigenvalue weighted by molar-refractivity contribution is -0.134. The van der Waals surface area contributed by atoms with Crippen molar-refractivity contribution in [1.82, 2.24) is 10.5 Å². The van der Waals surface area contributed by atoms with Crippen LogP contribution in [0.15, 0.2) is 15.4 Å². The van der Waals surface area contributed by atoms with Crippen LogP contribution in [0.3, 0.4) is 0 Å². The lowest BCUT2D eigenvalue weighted by atomic mass is 9.80. The van der Waals surface area contributed by atoms with Gasteiger partial charge in [0.1, 0.15) is 5.76 Å². The Labute approximate surface area is 136 Å². The van der Waals surface area contributed by atoms with Crippen molar-refractivity contribution in [2.75, 3.05) is 6.54 Å². The Hall–Kier alpha value is -1.56. The van der Waals surface area contributed by atoms with Crippen LogP contribution in [0.4, 0.5) is 0 Å². The summed E-state index contributed by atoms with van der Waals surface area (Å²) in [5, 5.41) is 13.5. The van der Waals surface area contributed by atoms with Gasteiger partial charge < -0.3 is 14.9 Å². The van der Waals surface area contributed by atoms with Crippen LogP contribution in [0.1, 0.15) is 70.0 Å². The summed E-state index contributed by atoms with van der Waals surface area (Å²) in [5.74, 6) is 1.33. The van der Waals surface area contributed by atoms with Gasteiger partial charge in [-0.05, 0) is 31.7 Å². The number of H-pyrrole nitrogens is 1. The van der Waals surface area contributed by atoms with Gasteiger partial charge in [-0.25, -0.2) is 0 Å². The van der Waals surface area contributed by atoms with E-state index in [1.165, 1.54) is 38.5 Å². The van der Waals surface area contributed by atoms with Gasteiger partial charge in [0.15, 0.2) is 0 Å². The van der Waals surface area contributed by atoms with Crippen molar-refractivity contribution in [3.63, 3.8) is 0 Å². The van der Waals surface area contributed by atoms with Crippen LogP contribution in [-0.4, -0.2) is 28.8 Å². The van der Waals surface area contributed by atoms with Crippen LogP contribution in [0.25, 0.3) is 0 Å². The van der Waals surface area contributed by atoms with E-state index in [0.717, 1.165) is 38.0 Å². The molecule has 2 heterocycles. The molecule has 1 aliphatic carbocycles. The summed E-state index contributed by atoms with van der Waals surface area (Å²) in [4.78, 5) is 20.2. The van der Waals surface area contributed by atoms with E-state index in [1.54, 1.807) is 6.07 Å². The van der Waals surface area contributed by atoms with Gasteiger partial charge in [0.2, 0.25) is 0 Å². The molecule has 130 valence electrons. The first kappa shape index (κ1) is 17.8. The van der Waals surface area contributed by atoms with Gasteiger partial charge >= 0.3 is 0 Å². The highest BCUT2D eigenvalue weighted by Crippen LogP contribution is 2.33. The monoisotopic (exact) mass is 324 g/mol. The van der Waals surface area contributed by atoms with Crippen LogP contribution < -0.4 is 10.9 Å². The Morgan fingerprint density at radius 2 is 2.00 bits per heavy atom. The third kappa shape index (κ3) is 6.22. The normalized spacial score (nSPS) is 25.4. The zero-order valence-corrected chi connectivity index (χ0v) is 13.8. The number of carbonyl (C=O) groups is 1. The van der Waals surface area contributed by atoms with Crippen LogP contribution in [0, 0.1) is 5.92 Å². The summed E-state index contributed by atoms with van der Waals surface area (Å²) in [6.07, 6.45) is 10.5. The van der Waals surface area contributed by atoms with E-state index in [0.29, 0.717) is 12.0 Å². The number of hydrogen-bond donors (Lipinski definition) is 3.